The molecule has 3 rings (SSSR count). The third-order valence-corrected chi connectivity index (χ3v) is 5.68. The van der Waals surface area contributed by atoms with Crippen molar-refractivity contribution >= 4 is 11.6 Å². The maximum absolute atomic E-state index is 13.0. The molecular weight excluding hydrogens is 367 g/mol. The molecule has 0 bridgehead atoms. The zero-order valence-corrected chi connectivity index (χ0v) is 16.1. The molecule has 0 N–H and O–H groups in total. The number of amides is 1. The van der Waals surface area contributed by atoms with Crippen molar-refractivity contribution in [2.24, 2.45) is 0 Å². The molecule has 0 radical (unpaired) electrons. The standard InChI is InChI=1S/C21H28F3N3O/c1-2-3-9-20(28)27-10-5-8-19(16-27)26-13-11-25(12-14-26)18-7-4-6-17(15-18)21(22,23)24/h2,4,6-7,15,19H,1,3,5,8-14,16H2. The van der Waals surface area contributed by atoms with Gasteiger partial charge in [0.2, 0.25) is 5.91 Å². The summed E-state index contributed by atoms with van der Waals surface area (Å²) in [6.07, 6.45) is 0.732. The van der Waals surface area contributed by atoms with Crippen molar-refractivity contribution in [1.29, 1.82) is 0 Å². The first kappa shape index (κ1) is 20.7. The Kier molecular flexibility index (Phi) is 6.65. The fraction of sp³-hybridized carbons (Fsp3) is 0.571. The number of piperidine rings is 1. The SMILES string of the molecule is C=CCCC(=O)N1CCCC(N2CCN(c3cccc(C(F)(F)F)c3)CC2)C1. The molecule has 0 saturated carbocycles. The molecular formula is C21H28F3N3O. The Morgan fingerprint density at radius 3 is 2.61 bits per heavy atom. The van der Waals surface area contributed by atoms with E-state index in [1.807, 2.05) is 9.80 Å². The second-order valence-corrected chi connectivity index (χ2v) is 7.53. The van der Waals surface area contributed by atoms with Gasteiger partial charge < -0.3 is 9.80 Å². The second-order valence-electron chi connectivity index (χ2n) is 7.53. The second kappa shape index (κ2) is 8.99. The summed E-state index contributed by atoms with van der Waals surface area (Å²) < 4.78 is 38.9. The first-order valence-electron chi connectivity index (χ1n) is 9.93. The van der Waals surface area contributed by atoms with Crippen LogP contribution < -0.4 is 4.90 Å². The quantitative estimate of drug-likeness (QED) is 0.710. The number of piperazine rings is 1. The summed E-state index contributed by atoms with van der Waals surface area (Å²) in [5.74, 6) is 0.187. The molecule has 0 spiro atoms. The normalized spacial score (nSPS) is 21.6. The Balaban J connectivity index is 1.55. The molecule has 2 aliphatic rings. The molecule has 154 valence electrons. The predicted octanol–water partition coefficient (Wildman–Crippen LogP) is 3.78. The molecule has 1 aromatic carbocycles. The van der Waals surface area contributed by atoms with Gasteiger partial charge in [-0.2, -0.15) is 13.2 Å². The topological polar surface area (TPSA) is 26.8 Å². The van der Waals surface area contributed by atoms with Crippen LogP contribution in [-0.2, 0) is 11.0 Å². The highest BCUT2D eigenvalue weighted by atomic mass is 19.4. The van der Waals surface area contributed by atoms with Crippen molar-refractivity contribution in [2.45, 2.75) is 37.9 Å². The van der Waals surface area contributed by atoms with Gasteiger partial charge in [-0.3, -0.25) is 9.69 Å². The van der Waals surface area contributed by atoms with E-state index in [9.17, 15) is 18.0 Å². The van der Waals surface area contributed by atoms with Gasteiger partial charge in [0.15, 0.2) is 0 Å². The van der Waals surface area contributed by atoms with Crippen LogP contribution in [0.5, 0.6) is 0 Å². The van der Waals surface area contributed by atoms with E-state index in [2.05, 4.69) is 11.5 Å². The zero-order valence-electron chi connectivity index (χ0n) is 16.1. The van der Waals surface area contributed by atoms with E-state index in [1.54, 1.807) is 12.1 Å². The van der Waals surface area contributed by atoms with Gasteiger partial charge in [0, 0.05) is 57.4 Å². The molecule has 2 saturated heterocycles. The van der Waals surface area contributed by atoms with Crippen molar-refractivity contribution in [1.82, 2.24) is 9.80 Å². The Morgan fingerprint density at radius 2 is 1.93 bits per heavy atom. The molecule has 0 aliphatic carbocycles. The smallest absolute Gasteiger partial charge is 0.369 e. The molecule has 7 heteroatoms. The average Bonchev–Trinajstić information content (AvgIpc) is 2.71. The lowest BCUT2D eigenvalue weighted by molar-refractivity contribution is -0.137. The van der Waals surface area contributed by atoms with Crippen LogP contribution >= 0.6 is 0 Å². The Bertz CT molecular complexity index is 684. The minimum absolute atomic E-state index is 0.187. The maximum Gasteiger partial charge on any atom is 0.416 e. The highest BCUT2D eigenvalue weighted by molar-refractivity contribution is 5.76. The van der Waals surface area contributed by atoms with Crippen LogP contribution in [0.4, 0.5) is 18.9 Å². The predicted molar refractivity (Wildman–Crippen MR) is 104 cm³/mol. The lowest BCUT2D eigenvalue weighted by atomic mass is 10.0. The van der Waals surface area contributed by atoms with Gasteiger partial charge in [-0.1, -0.05) is 12.1 Å². The van der Waals surface area contributed by atoms with Gasteiger partial charge in [-0.25, -0.2) is 0 Å². The van der Waals surface area contributed by atoms with E-state index < -0.39 is 11.7 Å². The van der Waals surface area contributed by atoms with Crippen LogP contribution in [0.15, 0.2) is 36.9 Å². The van der Waals surface area contributed by atoms with Gasteiger partial charge in [-0.15, -0.1) is 6.58 Å². The van der Waals surface area contributed by atoms with Crippen molar-refractivity contribution in [3.63, 3.8) is 0 Å². The van der Waals surface area contributed by atoms with E-state index >= 15 is 0 Å². The number of hydrogen-bond acceptors (Lipinski definition) is 3. The number of benzene rings is 1. The average molecular weight is 395 g/mol. The van der Waals surface area contributed by atoms with E-state index in [0.717, 1.165) is 45.1 Å². The molecule has 1 atom stereocenters. The fourth-order valence-electron chi connectivity index (χ4n) is 4.09. The first-order chi connectivity index (χ1) is 13.4. The lowest BCUT2D eigenvalue weighted by Gasteiger charge is -2.44. The van der Waals surface area contributed by atoms with E-state index in [0.29, 0.717) is 37.7 Å². The van der Waals surface area contributed by atoms with Gasteiger partial charge in [0.25, 0.3) is 0 Å². The van der Waals surface area contributed by atoms with Gasteiger partial charge >= 0.3 is 6.18 Å². The van der Waals surface area contributed by atoms with Crippen molar-refractivity contribution in [3.8, 4) is 0 Å². The third-order valence-electron chi connectivity index (χ3n) is 5.68. The minimum atomic E-state index is -4.32. The highest BCUT2D eigenvalue weighted by Gasteiger charge is 2.32. The summed E-state index contributed by atoms with van der Waals surface area (Å²) in [5, 5.41) is 0. The minimum Gasteiger partial charge on any atom is -0.369 e. The Hall–Kier alpha value is -2.02. The van der Waals surface area contributed by atoms with Gasteiger partial charge in [0.1, 0.15) is 0 Å². The molecule has 2 aliphatic heterocycles. The van der Waals surface area contributed by atoms with Crippen LogP contribution in [-0.4, -0.2) is 61.0 Å². The molecule has 1 unspecified atom stereocenters. The number of hydrogen-bond donors (Lipinski definition) is 0. The molecule has 0 aromatic heterocycles. The number of halogens is 3. The van der Waals surface area contributed by atoms with Crippen LogP contribution in [0.3, 0.4) is 0 Å². The Labute approximate surface area is 164 Å². The fourth-order valence-corrected chi connectivity index (χ4v) is 4.09. The summed E-state index contributed by atoms with van der Waals surface area (Å²) in [4.78, 5) is 18.7. The number of carbonyl (C=O) groups excluding carboxylic acids is 1. The zero-order chi connectivity index (χ0) is 20.1. The molecule has 2 heterocycles. The van der Waals surface area contributed by atoms with E-state index in [4.69, 9.17) is 0 Å². The van der Waals surface area contributed by atoms with Crippen molar-refractivity contribution in [2.75, 3.05) is 44.2 Å². The van der Waals surface area contributed by atoms with Crippen LogP contribution in [0, 0.1) is 0 Å². The monoisotopic (exact) mass is 395 g/mol. The number of rotatable bonds is 5. The molecule has 28 heavy (non-hydrogen) atoms. The summed E-state index contributed by atoms with van der Waals surface area (Å²) >= 11 is 0. The number of anilines is 1. The number of allylic oxidation sites excluding steroid dienone is 1. The largest absolute Gasteiger partial charge is 0.416 e. The van der Waals surface area contributed by atoms with Crippen LogP contribution in [0.1, 0.15) is 31.2 Å². The number of alkyl halides is 3. The van der Waals surface area contributed by atoms with Crippen LogP contribution in [0.2, 0.25) is 0 Å². The third kappa shape index (κ3) is 5.07. The Morgan fingerprint density at radius 1 is 1.18 bits per heavy atom. The molecule has 1 aromatic rings. The maximum atomic E-state index is 13.0. The van der Waals surface area contributed by atoms with E-state index in [1.165, 1.54) is 12.1 Å². The first-order valence-corrected chi connectivity index (χ1v) is 9.93. The van der Waals surface area contributed by atoms with Gasteiger partial charge in [-0.05, 0) is 37.5 Å². The summed E-state index contributed by atoms with van der Waals surface area (Å²) in [6, 6.07) is 5.89. The number of carbonyl (C=O) groups is 1. The number of nitrogens with zero attached hydrogens (tertiary/aromatic N) is 3. The molecule has 1 amide bonds. The molecule has 4 nitrogen and oxygen atoms in total. The van der Waals surface area contributed by atoms with Crippen LogP contribution in [0.25, 0.3) is 0 Å². The summed E-state index contributed by atoms with van der Waals surface area (Å²) in [7, 11) is 0. The molecule has 2 fully saturated rings. The summed E-state index contributed by atoms with van der Waals surface area (Å²) in [6.45, 7) is 8.23. The van der Waals surface area contributed by atoms with Crippen molar-refractivity contribution in [3.05, 3.63) is 42.5 Å². The number of likely N-dealkylation sites (tertiary alicyclic amines) is 1. The summed E-state index contributed by atoms with van der Waals surface area (Å²) in [5.41, 5.74) is 0.0211. The highest BCUT2D eigenvalue weighted by Crippen LogP contribution is 2.32. The lowest BCUT2D eigenvalue weighted by Crippen LogP contribution is -2.55. The van der Waals surface area contributed by atoms with Crippen molar-refractivity contribution < 1.29 is 18.0 Å². The van der Waals surface area contributed by atoms with Gasteiger partial charge in [0.05, 0.1) is 5.56 Å². The van der Waals surface area contributed by atoms with E-state index in [-0.39, 0.29) is 5.91 Å².